The number of aromatic nitrogens is 3. The maximum Gasteiger partial charge on any atom is 0.254 e. The lowest BCUT2D eigenvalue weighted by Crippen LogP contribution is -2.26. The largest absolute Gasteiger partial charge is 0.347 e. The molecule has 0 saturated carbocycles. The summed E-state index contributed by atoms with van der Waals surface area (Å²) in [7, 11) is 0. The van der Waals surface area contributed by atoms with Crippen molar-refractivity contribution in [2.24, 2.45) is 0 Å². The summed E-state index contributed by atoms with van der Waals surface area (Å²) in [4.78, 5) is 16.2. The van der Waals surface area contributed by atoms with E-state index in [1.165, 1.54) is 0 Å². The lowest BCUT2D eigenvalue weighted by molar-refractivity contribution is 0.0956. The number of hydrogen-bond acceptors (Lipinski definition) is 3. The molecule has 2 aromatic heterocycles. The summed E-state index contributed by atoms with van der Waals surface area (Å²) in [6.45, 7) is 7.79. The van der Waals surface area contributed by atoms with E-state index in [1.807, 2.05) is 19.9 Å². The number of fused-ring (bicyclic) bond motifs is 1. The van der Waals surface area contributed by atoms with Crippen LogP contribution in [0.5, 0.6) is 0 Å². The number of aryl methyl sites for hydroxylation is 2. The van der Waals surface area contributed by atoms with Gasteiger partial charge in [-0.25, -0.2) is 9.50 Å². The van der Waals surface area contributed by atoms with Crippen LogP contribution in [0, 0.1) is 13.8 Å². The molecule has 94 valence electrons. The molecule has 0 aliphatic carbocycles. The number of hydrogen-bond donors (Lipinski definition) is 1. The maximum absolute atomic E-state index is 12.0. The predicted octanol–water partition coefficient (Wildman–Crippen LogP) is 1.98. The zero-order valence-electron chi connectivity index (χ0n) is 10.2. The van der Waals surface area contributed by atoms with Gasteiger partial charge < -0.3 is 5.32 Å². The summed E-state index contributed by atoms with van der Waals surface area (Å²) in [5.74, 6) is -0.185. The van der Waals surface area contributed by atoms with Crippen LogP contribution >= 0.6 is 15.9 Å². The Morgan fingerprint density at radius 2 is 2.28 bits per heavy atom. The molecule has 0 unspecified atom stereocenters. The summed E-state index contributed by atoms with van der Waals surface area (Å²) >= 11 is 3.19. The minimum absolute atomic E-state index is 0.185. The Bertz CT molecular complexity index is 632. The van der Waals surface area contributed by atoms with Gasteiger partial charge in [0.15, 0.2) is 5.65 Å². The average Bonchev–Trinajstić information content (AvgIpc) is 2.68. The van der Waals surface area contributed by atoms with Crippen LogP contribution < -0.4 is 5.32 Å². The van der Waals surface area contributed by atoms with E-state index in [-0.39, 0.29) is 5.91 Å². The van der Waals surface area contributed by atoms with Crippen molar-refractivity contribution in [1.82, 2.24) is 19.9 Å². The van der Waals surface area contributed by atoms with E-state index >= 15 is 0 Å². The second kappa shape index (κ2) is 4.89. The van der Waals surface area contributed by atoms with Crippen LogP contribution in [0.3, 0.4) is 0 Å². The van der Waals surface area contributed by atoms with Gasteiger partial charge in [-0.15, -0.1) is 0 Å². The smallest absolute Gasteiger partial charge is 0.254 e. The Morgan fingerprint density at radius 3 is 2.94 bits per heavy atom. The maximum atomic E-state index is 12.0. The molecule has 0 bridgehead atoms. The van der Waals surface area contributed by atoms with Gasteiger partial charge in [-0.2, -0.15) is 5.10 Å². The van der Waals surface area contributed by atoms with E-state index in [9.17, 15) is 4.79 Å². The first-order valence-corrected chi connectivity index (χ1v) is 6.22. The van der Waals surface area contributed by atoms with Crippen LogP contribution in [0.25, 0.3) is 5.65 Å². The van der Waals surface area contributed by atoms with Gasteiger partial charge in [-0.3, -0.25) is 4.79 Å². The molecule has 0 aliphatic heterocycles. The molecule has 0 atom stereocenters. The second-order valence-corrected chi connectivity index (χ2v) is 5.13. The Balaban J connectivity index is 2.36. The fourth-order valence-corrected chi connectivity index (χ4v) is 1.80. The van der Waals surface area contributed by atoms with Gasteiger partial charge in [0, 0.05) is 23.3 Å². The predicted molar refractivity (Wildman–Crippen MR) is 72.9 cm³/mol. The molecule has 1 amide bonds. The summed E-state index contributed by atoms with van der Waals surface area (Å²) in [6.07, 6.45) is 1.57. The summed E-state index contributed by atoms with van der Waals surface area (Å²) in [6, 6.07) is 1.87. The number of carbonyl (C=O) groups excluding carboxylic acids is 1. The number of amides is 1. The average molecular weight is 309 g/mol. The van der Waals surface area contributed by atoms with Crippen LogP contribution in [0.15, 0.2) is 23.3 Å². The first-order chi connectivity index (χ1) is 8.49. The highest BCUT2D eigenvalue weighted by molar-refractivity contribution is 9.11. The Morgan fingerprint density at radius 1 is 1.56 bits per heavy atom. The first-order valence-electron chi connectivity index (χ1n) is 5.42. The number of halogens is 1. The van der Waals surface area contributed by atoms with E-state index in [0.29, 0.717) is 12.1 Å². The summed E-state index contributed by atoms with van der Waals surface area (Å²) < 4.78 is 2.39. The normalized spacial score (nSPS) is 10.6. The third-order valence-electron chi connectivity index (χ3n) is 2.53. The van der Waals surface area contributed by atoms with Crippen molar-refractivity contribution < 1.29 is 4.79 Å². The molecular formula is C12H13BrN4O. The fourth-order valence-electron chi connectivity index (χ4n) is 1.66. The molecule has 2 heterocycles. The molecular weight excluding hydrogens is 296 g/mol. The van der Waals surface area contributed by atoms with Crippen LogP contribution in [-0.2, 0) is 0 Å². The van der Waals surface area contributed by atoms with Crippen molar-refractivity contribution in [2.75, 3.05) is 6.54 Å². The topological polar surface area (TPSA) is 59.3 Å². The molecule has 0 fully saturated rings. The van der Waals surface area contributed by atoms with Gasteiger partial charge in [0.25, 0.3) is 5.91 Å². The van der Waals surface area contributed by atoms with Crippen molar-refractivity contribution in [1.29, 1.82) is 0 Å². The van der Waals surface area contributed by atoms with Gasteiger partial charge in [-0.1, -0.05) is 22.5 Å². The van der Waals surface area contributed by atoms with Gasteiger partial charge in [0.2, 0.25) is 0 Å². The molecule has 18 heavy (non-hydrogen) atoms. The standard InChI is InChI=1S/C12H13BrN4O/c1-7(13)5-15-12(18)10-6-14-11-4-8(2)16-17(11)9(10)3/h4,6H,1,5H2,2-3H3,(H,15,18). The quantitative estimate of drug-likeness (QED) is 0.943. The molecule has 6 heteroatoms. The van der Waals surface area contributed by atoms with Crippen LogP contribution in [-0.4, -0.2) is 27.0 Å². The third-order valence-corrected chi connectivity index (χ3v) is 2.81. The number of rotatable bonds is 3. The van der Waals surface area contributed by atoms with Crippen molar-refractivity contribution in [3.05, 3.63) is 40.3 Å². The van der Waals surface area contributed by atoms with Crippen molar-refractivity contribution >= 4 is 27.5 Å². The van der Waals surface area contributed by atoms with Crippen LogP contribution in [0.4, 0.5) is 0 Å². The van der Waals surface area contributed by atoms with Gasteiger partial charge in [-0.05, 0) is 13.8 Å². The third kappa shape index (κ3) is 2.43. The highest BCUT2D eigenvalue weighted by atomic mass is 79.9. The molecule has 0 spiro atoms. The van der Waals surface area contributed by atoms with E-state index in [1.54, 1.807) is 10.7 Å². The van der Waals surface area contributed by atoms with Gasteiger partial charge in [0.1, 0.15) is 0 Å². The van der Waals surface area contributed by atoms with Gasteiger partial charge >= 0.3 is 0 Å². The molecule has 0 saturated heterocycles. The van der Waals surface area contributed by atoms with Crippen molar-refractivity contribution in [3.8, 4) is 0 Å². The molecule has 2 aromatic rings. The zero-order chi connectivity index (χ0) is 13.3. The Kier molecular flexibility index (Phi) is 3.47. The fraction of sp³-hybridized carbons (Fsp3) is 0.250. The molecule has 0 radical (unpaired) electrons. The number of nitrogens with zero attached hydrogens (tertiary/aromatic N) is 3. The monoisotopic (exact) mass is 308 g/mol. The molecule has 1 N–H and O–H groups in total. The van der Waals surface area contributed by atoms with E-state index < -0.39 is 0 Å². The lowest BCUT2D eigenvalue weighted by atomic mass is 10.2. The molecule has 5 nitrogen and oxygen atoms in total. The van der Waals surface area contributed by atoms with Crippen molar-refractivity contribution in [3.63, 3.8) is 0 Å². The zero-order valence-corrected chi connectivity index (χ0v) is 11.8. The summed E-state index contributed by atoms with van der Waals surface area (Å²) in [5, 5.41) is 7.04. The van der Waals surface area contributed by atoms with E-state index in [4.69, 9.17) is 0 Å². The second-order valence-electron chi connectivity index (χ2n) is 4.01. The lowest BCUT2D eigenvalue weighted by Gasteiger charge is -2.07. The van der Waals surface area contributed by atoms with Crippen molar-refractivity contribution in [2.45, 2.75) is 13.8 Å². The highest BCUT2D eigenvalue weighted by Gasteiger charge is 2.13. The van der Waals surface area contributed by atoms with E-state index in [0.717, 1.165) is 21.5 Å². The molecule has 0 aliphatic rings. The number of carbonyl (C=O) groups is 1. The summed E-state index contributed by atoms with van der Waals surface area (Å²) in [5.41, 5.74) is 2.90. The Labute approximate surface area is 113 Å². The minimum atomic E-state index is -0.185. The van der Waals surface area contributed by atoms with E-state index in [2.05, 4.69) is 37.9 Å². The van der Waals surface area contributed by atoms with Crippen LogP contribution in [0.2, 0.25) is 0 Å². The molecule has 2 rings (SSSR count). The van der Waals surface area contributed by atoms with Gasteiger partial charge in [0.05, 0.1) is 17.0 Å². The minimum Gasteiger partial charge on any atom is -0.347 e. The Hall–Kier alpha value is -1.69. The number of nitrogens with one attached hydrogen (secondary N) is 1. The van der Waals surface area contributed by atoms with Crippen LogP contribution in [0.1, 0.15) is 21.7 Å². The SMILES string of the molecule is C=C(Br)CNC(=O)c1cnc2cc(C)nn2c1C. The highest BCUT2D eigenvalue weighted by Crippen LogP contribution is 2.11. The first kappa shape index (κ1) is 12.8. The molecule has 0 aromatic carbocycles.